The Labute approximate surface area is 232 Å². The second-order valence-electron chi connectivity index (χ2n) is 10.5. The van der Waals surface area contributed by atoms with Crippen molar-refractivity contribution in [1.82, 2.24) is 0 Å². The SMILES string of the molecule is Brc1c2c(c(I)c3c1C1c4ccccc4C3c3ccccc31)C1c3ccccc3C2c2ccccc21. The maximum Gasteiger partial charge on any atom is 0.0360 e. The zero-order chi connectivity index (χ0) is 23.7. The highest BCUT2D eigenvalue weighted by atomic mass is 127. The van der Waals surface area contributed by atoms with Gasteiger partial charge in [-0.1, -0.05) is 113 Å². The molecule has 0 saturated heterocycles. The Hall–Kier alpha value is -2.69. The molecule has 4 bridgehead atoms. The number of rotatable bonds is 0. The monoisotopic (exact) mass is 634 g/mol. The smallest absolute Gasteiger partial charge is 0.0360 e. The number of hydrogen-bond acceptors (Lipinski definition) is 0. The largest absolute Gasteiger partial charge is 0.0619 e. The molecule has 0 fully saturated rings. The van der Waals surface area contributed by atoms with Gasteiger partial charge >= 0.3 is 0 Å². The van der Waals surface area contributed by atoms with Crippen molar-refractivity contribution >= 4 is 38.5 Å². The number of hydrogen-bond donors (Lipinski definition) is 0. The zero-order valence-corrected chi connectivity index (χ0v) is 23.0. The molecule has 5 aromatic rings. The predicted octanol–water partition coefficient (Wildman–Crippen LogP) is 9.03. The van der Waals surface area contributed by atoms with Gasteiger partial charge in [-0.25, -0.2) is 0 Å². The second-order valence-corrected chi connectivity index (χ2v) is 12.4. The first-order valence-electron chi connectivity index (χ1n) is 12.7. The summed E-state index contributed by atoms with van der Waals surface area (Å²) < 4.78 is 2.81. The van der Waals surface area contributed by atoms with E-state index in [0.29, 0.717) is 0 Å². The highest BCUT2D eigenvalue weighted by molar-refractivity contribution is 14.1. The molecule has 0 nitrogen and oxygen atoms in total. The summed E-state index contributed by atoms with van der Waals surface area (Å²) in [5, 5.41) is 0. The van der Waals surface area contributed by atoms with Crippen molar-refractivity contribution in [2.24, 2.45) is 0 Å². The van der Waals surface area contributed by atoms with Gasteiger partial charge in [0.1, 0.15) is 0 Å². The molecule has 0 aliphatic heterocycles. The quantitative estimate of drug-likeness (QED) is 0.146. The van der Waals surface area contributed by atoms with E-state index in [9.17, 15) is 0 Å². The lowest BCUT2D eigenvalue weighted by Gasteiger charge is -2.48. The van der Waals surface area contributed by atoms with Gasteiger partial charge in [-0.2, -0.15) is 0 Å². The molecule has 6 aliphatic carbocycles. The van der Waals surface area contributed by atoms with Gasteiger partial charge in [0.25, 0.3) is 0 Å². The van der Waals surface area contributed by atoms with E-state index in [1.54, 1.807) is 0 Å². The summed E-state index contributed by atoms with van der Waals surface area (Å²) in [7, 11) is 0. The van der Waals surface area contributed by atoms with Crippen LogP contribution in [0.15, 0.2) is 102 Å². The highest BCUT2D eigenvalue weighted by Crippen LogP contribution is 2.64. The molecule has 0 atom stereocenters. The molecule has 6 aliphatic rings. The summed E-state index contributed by atoms with van der Waals surface area (Å²) in [4.78, 5) is 0. The molecule has 11 rings (SSSR count). The standard InChI is InChI=1S/C34H20BrI/c35-33-29-25-17-9-1-5-13-21(17)27(22-14-6-2-10-18(22)25)31(29)34(36)32-28-23-15-7-3-11-19(23)26(30(32)33)20-12-4-8-16-24(20)28/h1-16,25-28H. The van der Waals surface area contributed by atoms with Crippen LogP contribution in [0.5, 0.6) is 0 Å². The minimum Gasteiger partial charge on any atom is -0.0619 e. The van der Waals surface area contributed by atoms with Crippen LogP contribution in [0.1, 0.15) is 90.4 Å². The topological polar surface area (TPSA) is 0 Å². The van der Waals surface area contributed by atoms with Crippen molar-refractivity contribution in [3.63, 3.8) is 0 Å². The Bertz CT molecular complexity index is 1450. The van der Waals surface area contributed by atoms with Crippen LogP contribution in [0.3, 0.4) is 0 Å². The predicted molar refractivity (Wildman–Crippen MR) is 156 cm³/mol. The van der Waals surface area contributed by atoms with Crippen molar-refractivity contribution in [3.8, 4) is 0 Å². The molecule has 0 amide bonds. The Balaban J connectivity index is 1.43. The van der Waals surface area contributed by atoms with Crippen LogP contribution in [-0.4, -0.2) is 0 Å². The van der Waals surface area contributed by atoms with Gasteiger partial charge in [0.05, 0.1) is 0 Å². The first kappa shape index (κ1) is 20.4. The van der Waals surface area contributed by atoms with Crippen molar-refractivity contribution in [2.75, 3.05) is 0 Å². The van der Waals surface area contributed by atoms with Gasteiger partial charge in [-0.3, -0.25) is 0 Å². The van der Waals surface area contributed by atoms with E-state index in [-0.39, 0.29) is 23.7 Å². The van der Waals surface area contributed by atoms with Crippen LogP contribution in [-0.2, 0) is 0 Å². The van der Waals surface area contributed by atoms with Gasteiger partial charge in [-0.05, 0) is 89.4 Å². The Morgan fingerprint density at radius 1 is 0.389 bits per heavy atom. The van der Waals surface area contributed by atoms with E-state index < -0.39 is 0 Å². The lowest BCUT2D eigenvalue weighted by Crippen LogP contribution is -2.34. The third-order valence-corrected chi connectivity index (χ3v) is 11.2. The fourth-order valence-electron chi connectivity index (χ4n) is 7.95. The van der Waals surface area contributed by atoms with Gasteiger partial charge < -0.3 is 0 Å². The number of benzene rings is 5. The summed E-state index contributed by atoms with van der Waals surface area (Å²) in [5.41, 5.74) is 17.9. The molecule has 0 unspecified atom stereocenters. The van der Waals surface area contributed by atoms with Crippen LogP contribution >= 0.6 is 38.5 Å². The van der Waals surface area contributed by atoms with Crippen LogP contribution in [0.25, 0.3) is 0 Å². The first-order valence-corrected chi connectivity index (χ1v) is 14.5. The van der Waals surface area contributed by atoms with E-state index >= 15 is 0 Å². The Morgan fingerprint density at radius 2 is 0.611 bits per heavy atom. The first-order chi connectivity index (χ1) is 17.8. The molecule has 36 heavy (non-hydrogen) atoms. The van der Waals surface area contributed by atoms with E-state index in [2.05, 4.69) is 136 Å². The van der Waals surface area contributed by atoms with E-state index in [4.69, 9.17) is 0 Å². The van der Waals surface area contributed by atoms with Crippen LogP contribution in [0, 0.1) is 3.57 Å². The minimum atomic E-state index is 0.275. The maximum absolute atomic E-state index is 4.29. The molecule has 170 valence electrons. The molecular weight excluding hydrogens is 615 g/mol. The van der Waals surface area contributed by atoms with Crippen molar-refractivity contribution in [1.29, 1.82) is 0 Å². The van der Waals surface area contributed by atoms with E-state index in [1.165, 1.54) is 74.8 Å². The lowest BCUT2D eigenvalue weighted by atomic mass is 9.56. The fourth-order valence-corrected chi connectivity index (χ4v) is 10.0. The van der Waals surface area contributed by atoms with Gasteiger partial charge in [0.2, 0.25) is 0 Å². The minimum absolute atomic E-state index is 0.275. The van der Waals surface area contributed by atoms with Gasteiger partial charge in [0.15, 0.2) is 0 Å². The lowest BCUT2D eigenvalue weighted by molar-refractivity contribution is 0.703. The molecule has 0 aromatic heterocycles. The van der Waals surface area contributed by atoms with Crippen molar-refractivity contribution < 1.29 is 0 Å². The maximum atomic E-state index is 4.29. The molecule has 0 spiro atoms. The average molecular weight is 635 g/mol. The van der Waals surface area contributed by atoms with E-state index in [1.807, 2.05) is 0 Å². The third-order valence-electron chi connectivity index (χ3n) is 9.15. The average Bonchev–Trinajstić information content (AvgIpc) is 2.95. The summed E-state index contributed by atoms with van der Waals surface area (Å²) >= 11 is 7.01. The molecule has 2 heteroatoms. The normalized spacial score (nSPS) is 22.7. The molecular formula is C34H20BrI. The van der Waals surface area contributed by atoms with Crippen LogP contribution < -0.4 is 0 Å². The van der Waals surface area contributed by atoms with Gasteiger partial charge in [0, 0.05) is 31.7 Å². The summed E-state index contributed by atoms with van der Waals surface area (Å²) in [6.45, 7) is 0. The van der Waals surface area contributed by atoms with Crippen molar-refractivity contribution in [2.45, 2.75) is 23.7 Å². The van der Waals surface area contributed by atoms with E-state index in [0.717, 1.165) is 0 Å². The molecule has 5 aromatic carbocycles. The van der Waals surface area contributed by atoms with Gasteiger partial charge in [-0.15, -0.1) is 0 Å². The summed E-state index contributed by atoms with van der Waals surface area (Å²) in [5.74, 6) is 1.13. The van der Waals surface area contributed by atoms with Crippen LogP contribution in [0.4, 0.5) is 0 Å². The van der Waals surface area contributed by atoms with Crippen LogP contribution in [0.2, 0.25) is 0 Å². The number of halogens is 2. The Morgan fingerprint density at radius 3 is 0.861 bits per heavy atom. The molecule has 0 heterocycles. The fraction of sp³-hybridized carbons (Fsp3) is 0.118. The summed E-state index contributed by atoms with van der Waals surface area (Å²) in [6.07, 6.45) is 0. The van der Waals surface area contributed by atoms with Crippen molar-refractivity contribution in [3.05, 3.63) is 172 Å². The summed E-state index contributed by atoms with van der Waals surface area (Å²) in [6, 6.07) is 36.7. The zero-order valence-electron chi connectivity index (χ0n) is 19.3. The molecule has 0 N–H and O–H groups in total. The Kier molecular flexibility index (Phi) is 3.96. The molecule has 0 radical (unpaired) electrons. The molecule has 0 saturated carbocycles. The second kappa shape index (κ2) is 6.99. The third kappa shape index (κ3) is 2.24. The highest BCUT2D eigenvalue weighted by Gasteiger charge is 2.49.